The monoisotopic (exact) mass is 138 g/mol. The molecule has 0 N–H and O–H groups in total. The van der Waals surface area contributed by atoms with Gasteiger partial charge in [-0.2, -0.15) is 0 Å². The average molecular weight is 138 g/mol. The zero-order valence-corrected chi connectivity index (χ0v) is 6.31. The van der Waals surface area contributed by atoms with Crippen molar-refractivity contribution in [2.75, 3.05) is 0 Å². The Kier molecular flexibility index (Phi) is 1.51. The third-order valence-corrected chi connectivity index (χ3v) is 2.89. The highest BCUT2D eigenvalue weighted by Crippen LogP contribution is 2.46. The van der Waals surface area contributed by atoms with Gasteiger partial charge in [-0.05, 0) is 37.5 Å². The van der Waals surface area contributed by atoms with Crippen molar-refractivity contribution in [1.82, 2.24) is 0 Å². The Morgan fingerprint density at radius 2 is 1.90 bits per heavy atom. The molecule has 0 aliphatic heterocycles. The van der Waals surface area contributed by atoms with Crippen LogP contribution in [0.5, 0.6) is 0 Å². The first-order valence-electron chi connectivity index (χ1n) is 4.38. The highest BCUT2D eigenvalue weighted by atomic mass is 16.1. The van der Waals surface area contributed by atoms with Crippen LogP contribution in [0.2, 0.25) is 0 Å². The van der Waals surface area contributed by atoms with Crippen LogP contribution < -0.4 is 0 Å². The SMILES string of the molecule is O=C1CCC[C@H]2C[C@@H]2CC1. The van der Waals surface area contributed by atoms with Gasteiger partial charge in [0, 0.05) is 12.8 Å². The summed E-state index contributed by atoms with van der Waals surface area (Å²) in [5.41, 5.74) is 0. The van der Waals surface area contributed by atoms with E-state index in [2.05, 4.69) is 0 Å². The molecule has 2 atom stereocenters. The molecule has 56 valence electrons. The van der Waals surface area contributed by atoms with Crippen LogP contribution in [0.1, 0.15) is 38.5 Å². The predicted octanol–water partition coefficient (Wildman–Crippen LogP) is 2.16. The van der Waals surface area contributed by atoms with E-state index < -0.39 is 0 Å². The second-order valence-electron chi connectivity index (χ2n) is 3.73. The molecule has 0 unspecified atom stereocenters. The van der Waals surface area contributed by atoms with Gasteiger partial charge < -0.3 is 0 Å². The Hall–Kier alpha value is -0.330. The van der Waals surface area contributed by atoms with Gasteiger partial charge in [0.1, 0.15) is 5.78 Å². The minimum Gasteiger partial charge on any atom is -0.300 e. The average Bonchev–Trinajstić information content (AvgIpc) is 2.59. The third-order valence-electron chi connectivity index (χ3n) is 2.89. The molecule has 0 bridgehead atoms. The van der Waals surface area contributed by atoms with E-state index >= 15 is 0 Å². The van der Waals surface area contributed by atoms with Crippen molar-refractivity contribution < 1.29 is 4.79 Å². The number of rotatable bonds is 0. The molecule has 0 saturated heterocycles. The minimum absolute atomic E-state index is 0.505. The number of Topliss-reactive ketones (excluding diaryl/α,β-unsaturated/α-hetero) is 1. The van der Waals surface area contributed by atoms with Crippen LogP contribution in [0.4, 0.5) is 0 Å². The van der Waals surface area contributed by atoms with Crippen LogP contribution in [-0.2, 0) is 4.79 Å². The van der Waals surface area contributed by atoms with E-state index in [0.717, 1.165) is 24.7 Å². The molecule has 0 aromatic rings. The largest absolute Gasteiger partial charge is 0.300 e. The lowest BCUT2D eigenvalue weighted by molar-refractivity contribution is -0.119. The number of carbonyl (C=O) groups is 1. The zero-order valence-electron chi connectivity index (χ0n) is 6.31. The molecule has 0 spiro atoms. The van der Waals surface area contributed by atoms with Crippen LogP contribution in [0, 0.1) is 11.8 Å². The number of ketones is 1. The molecule has 1 nitrogen and oxygen atoms in total. The van der Waals surface area contributed by atoms with Crippen LogP contribution in [-0.4, -0.2) is 5.78 Å². The Morgan fingerprint density at radius 3 is 2.80 bits per heavy atom. The van der Waals surface area contributed by atoms with Crippen LogP contribution in [0.3, 0.4) is 0 Å². The van der Waals surface area contributed by atoms with Gasteiger partial charge in [0.2, 0.25) is 0 Å². The van der Waals surface area contributed by atoms with Crippen molar-refractivity contribution in [2.24, 2.45) is 11.8 Å². The summed E-state index contributed by atoms with van der Waals surface area (Å²) in [5, 5.41) is 0. The first-order valence-corrected chi connectivity index (χ1v) is 4.38. The maximum atomic E-state index is 11.0. The van der Waals surface area contributed by atoms with Crippen LogP contribution >= 0.6 is 0 Å². The topological polar surface area (TPSA) is 17.1 Å². The second-order valence-corrected chi connectivity index (χ2v) is 3.73. The van der Waals surface area contributed by atoms with Gasteiger partial charge in [0.05, 0.1) is 0 Å². The normalized spacial score (nSPS) is 39.8. The highest BCUT2D eigenvalue weighted by Gasteiger charge is 2.37. The fraction of sp³-hybridized carbons (Fsp3) is 0.889. The maximum absolute atomic E-state index is 11.0. The standard InChI is InChI=1S/C9H14O/c10-9-3-1-2-7-6-8(7)4-5-9/h7-8H,1-6H2/t7-,8-/m0/s1. The Bertz CT molecular complexity index is 151. The number of carbonyl (C=O) groups excluding carboxylic acids is 1. The Morgan fingerprint density at radius 1 is 1.10 bits per heavy atom. The summed E-state index contributed by atoms with van der Waals surface area (Å²) in [7, 11) is 0. The fourth-order valence-corrected chi connectivity index (χ4v) is 2.05. The molecule has 1 heteroatoms. The quantitative estimate of drug-likeness (QED) is 0.501. The molecule has 0 aromatic carbocycles. The summed E-state index contributed by atoms with van der Waals surface area (Å²) in [6, 6.07) is 0. The van der Waals surface area contributed by atoms with Gasteiger partial charge >= 0.3 is 0 Å². The summed E-state index contributed by atoms with van der Waals surface area (Å²) in [5.74, 6) is 2.47. The number of fused-ring (bicyclic) bond motifs is 1. The van der Waals surface area contributed by atoms with Gasteiger partial charge in [-0.25, -0.2) is 0 Å². The molecular formula is C9H14O. The molecular weight excluding hydrogens is 124 g/mol. The zero-order chi connectivity index (χ0) is 6.97. The Balaban J connectivity index is 1.88. The second kappa shape index (κ2) is 2.37. The molecule has 0 radical (unpaired) electrons. The lowest BCUT2D eigenvalue weighted by atomic mass is 10.0. The number of hydrogen-bond acceptors (Lipinski definition) is 1. The molecule has 2 saturated carbocycles. The first kappa shape index (κ1) is 6.38. The highest BCUT2D eigenvalue weighted by molar-refractivity contribution is 5.78. The third kappa shape index (κ3) is 1.23. The maximum Gasteiger partial charge on any atom is 0.132 e. The number of hydrogen-bond donors (Lipinski definition) is 0. The van der Waals surface area contributed by atoms with E-state index in [9.17, 15) is 4.79 Å². The lowest BCUT2D eigenvalue weighted by Gasteiger charge is -2.04. The molecule has 2 fully saturated rings. The lowest BCUT2D eigenvalue weighted by Crippen LogP contribution is -2.02. The summed E-state index contributed by atoms with van der Waals surface area (Å²) >= 11 is 0. The molecule has 2 rings (SSSR count). The van der Waals surface area contributed by atoms with Gasteiger partial charge in [-0.3, -0.25) is 4.79 Å². The molecule has 0 aromatic heterocycles. The molecule has 2 aliphatic rings. The molecule has 0 heterocycles. The minimum atomic E-state index is 0.505. The summed E-state index contributed by atoms with van der Waals surface area (Å²) in [4.78, 5) is 11.0. The van der Waals surface area contributed by atoms with Gasteiger partial charge in [-0.1, -0.05) is 0 Å². The summed E-state index contributed by atoms with van der Waals surface area (Å²) in [6.07, 6.45) is 6.86. The summed E-state index contributed by atoms with van der Waals surface area (Å²) < 4.78 is 0. The molecule has 10 heavy (non-hydrogen) atoms. The fourth-order valence-electron chi connectivity index (χ4n) is 2.05. The van der Waals surface area contributed by atoms with Crippen molar-refractivity contribution in [3.63, 3.8) is 0 Å². The van der Waals surface area contributed by atoms with Crippen LogP contribution in [0.15, 0.2) is 0 Å². The van der Waals surface area contributed by atoms with E-state index in [-0.39, 0.29) is 0 Å². The molecule has 2 aliphatic carbocycles. The van der Waals surface area contributed by atoms with E-state index in [0.29, 0.717) is 5.78 Å². The van der Waals surface area contributed by atoms with Crippen molar-refractivity contribution in [1.29, 1.82) is 0 Å². The predicted molar refractivity (Wildman–Crippen MR) is 39.7 cm³/mol. The van der Waals surface area contributed by atoms with Gasteiger partial charge in [0.15, 0.2) is 0 Å². The molecule has 0 amide bonds. The van der Waals surface area contributed by atoms with Gasteiger partial charge in [-0.15, -0.1) is 0 Å². The van der Waals surface area contributed by atoms with Gasteiger partial charge in [0.25, 0.3) is 0 Å². The van der Waals surface area contributed by atoms with Crippen molar-refractivity contribution >= 4 is 5.78 Å². The van der Waals surface area contributed by atoms with E-state index in [1.165, 1.54) is 25.7 Å². The first-order chi connectivity index (χ1) is 4.86. The summed E-state index contributed by atoms with van der Waals surface area (Å²) in [6.45, 7) is 0. The van der Waals surface area contributed by atoms with E-state index in [4.69, 9.17) is 0 Å². The van der Waals surface area contributed by atoms with Crippen LogP contribution in [0.25, 0.3) is 0 Å². The van der Waals surface area contributed by atoms with Crippen molar-refractivity contribution in [3.8, 4) is 0 Å². The Labute approximate surface area is 61.8 Å². The smallest absolute Gasteiger partial charge is 0.132 e. The van der Waals surface area contributed by atoms with Crippen molar-refractivity contribution in [3.05, 3.63) is 0 Å². The van der Waals surface area contributed by atoms with E-state index in [1.54, 1.807) is 0 Å². The van der Waals surface area contributed by atoms with E-state index in [1.807, 2.05) is 0 Å². The van der Waals surface area contributed by atoms with Crippen molar-refractivity contribution in [2.45, 2.75) is 38.5 Å².